The molecule has 100 valence electrons. The van der Waals surface area contributed by atoms with E-state index in [4.69, 9.17) is 11.1 Å². The van der Waals surface area contributed by atoms with Gasteiger partial charge in [-0.15, -0.1) is 0 Å². The van der Waals surface area contributed by atoms with Crippen LogP contribution in [0.4, 0.5) is 5.69 Å². The number of anilines is 1. The van der Waals surface area contributed by atoms with Gasteiger partial charge in [0.2, 0.25) is 0 Å². The Morgan fingerprint density at radius 1 is 1.22 bits per heavy atom. The molecule has 0 heterocycles. The molecule has 0 fully saturated rings. The minimum atomic E-state index is 0.133. The second kappa shape index (κ2) is 6.40. The van der Waals surface area contributed by atoms with Crippen LogP contribution in [0.15, 0.2) is 18.2 Å². The van der Waals surface area contributed by atoms with E-state index in [0.29, 0.717) is 0 Å². The van der Waals surface area contributed by atoms with Crippen LogP contribution in [-0.2, 0) is 0 Å². The molecule has 0 aliphatic heterocycles. The Kier molecular flexibility index (Phi) is 5.16. The number of hydrogen-bond acceptors (Lipinski definition) is 3. The van der Waals surface area contributed by atoms with Gasteiger partial charge in [-0.1, -0.05) is 12.1 Å². The van der Waals surface area contributed by atoms with Crippen molar-refractivity contribution < 1.29 is 0 Å². The quantitative estimate of drug-likeness (QED) is 0.595. The Balaban J connectivity index is 2.84. The van der Waals surface area contributed by atoms with Gasteiger partial charge in [0.05, 0.1) is 5.69 Å². The molecule has 4 heteroatoms. The maximum Gasteiger partial charge on any atom is 0.124 e. The van der Waals surface area contributed by atoms with Gasteiger partial charge in [-0.25, -0.2) is 0 Å². The summed E-state index contributed by atoms with van der Waals surface area (Å²) in [4.78, 5) is 4.37. The first-order chi connectivity index (χ1) is 8.43. The number of hydrogen-bond donors (Lipinski definition) is 2. The fourth-order valence-electron chi connectivity index (χ4n) is 2.12. The van der Waals surface area contributed by atoms with Crippen molar-refractivity contribution in [3.8, 4) is 0 Å². The van der Waals surface area contributed by atoms with E-state index in [0.717, 1.165) is 36.3 Å². The van der Waals surface area contributed by atoms with Crippen LogP contribution in [-0.4, -0.2) is 45.0 Å². The average molecular weight is 248 g/mol. The van der Waals surface area contributed by atoms with E-state index in [9.17, 15) is 0 Å². The Hall–Kier alpha value is -1.55. The first-order valence-corrected chi connectivity index (χ1v) is 6.23. The lowest BCUT2D eigenvalue weighted by Gasteiger charge is -2.25. The van der Waals surface area contributed by atoms with E-state index in [1.165, 1.54) is 0 Å². The number of para-hydroxylation sites is 1. The summed E-state index contributed by atoms with van der Waals surface area (Å²) in [5, 5.41) is 7.65. The molecule has 0 aliphatic rings. The topological polar surface area (TPSA) is 56.4 Å². The summed E-state index contributed by atoms with van der Waals surface area (Å²) in [5.74, 6) is 0.133. The monoisotopic (exact) mass is 248 g/mol. The first-order valence-electron chi connectivity index (χ1n) is 6.23. The molecular formula is C14H24N4. The fraction of sp³-hybridized carbons (Fsp3) is 0.500. The second-order valence-electron chi connectivity index (χ2n) is 4.96. The first kappa shape index (κ1) is 14.5. The van der Waals surface area contributed by atoms with Gasteiger partial charge in [-0.3, -0.25) is 5.41 Å². The van der Waals surface area contributed by atoms with Crippen molar-refractivity contribution >= 4 is 11.5 Å². The van der Waals surface area contributed by atoms with Gasteiger partial charge < -0.3 is 15.5 Å². The highest BCUT2D eigenvalue weighted by Crippen LogP contribution is 2.23. The molecular weight excluding hydrogens is 224 g/mol. The summed E-state index contributed by atoms with van der Waals surface area (Å²) in [7, 11) is 6.22. The molecule has 0 atom stereocenters. The number of nitrogens with two attached hydrogens (primary N) is 1. The molecule has 0 bridgehead atoms. The molecule has 1 rings (SSSR count). The van der Waals surface area contributed by atoms with Gasteiger partial charge in [0.15, 0.2) is 0 Å². The molecule has 0 unspecified atom stereocenters. The van der Waals surface area contributed by atoms with Crippen molar-refractivity contribution in [2.75, 3.05) is 39.1 Å². The van der Waals surface area contributed by atoms with E-state index in [2.05, 4.69) is 43.9 Å². The lowest BCUT2D eigenvalue weighted by atomic mass is 10.1. The molecule has 0 aromatic heterocycles. The molecule has 18 heavy (non-hydrogen) atoms. The minimum Gasteiger partial charge on any atom is -0.384 e. The number of amidine groups is 1. The molecule has 0 spiro atoms. The third-order valence-corrected chi connectivity index (χ3v) is 3.01. The highest BCUT2D eigenvalue weighted by molar-refractivity contribution is 6.01. The van der Waals surface area contributed by atoms with E-state index >= 15 is 0 Å². The summed E-state index contributed by atoms with van der Waals surface area (Å²) in [6, 6.07) is 5.92. The van der Waals surface area contributed by atoms with Crippen LogP contribution in [0, 0.1) is 12.3 Å². The van der Waals surface area contributed by atoms with Crippen molar-refractivity contribution in [2.45, 2.75) is 13.3 Å². The van der Waals surface area contributed by atoms with Crippen LogP contribution in [0.2, 0.25) is 0 Å². The summed E-state index contributed by atoms with van der Waals surface area (Å²) in [6.07, 6.45) is 1.09. The summed E-state index contributed by atoms with van der Waals surface area (Å²) >= 11 is 0. The zero-order valence-corrected chi connectivity index (χ0v) is 11.8. The Labute approximate surface area is 110 Å². The van der Waals surface area contributed by atoms with Crippen LogP contribution < -0.4 is 10.6 Å². The highest BCUT2D eigenvalue weighted by atomic mass is 15.1. The summed E-state index contributed by atoms with van der Waals surface area (Å²) in [6.45, 7) is 4.08. The molecule has 1 aromatic carbocycles. The van der Waals surface area contributed by atoms with Crippen LogP contribution in [0.25, 0.3) is 0 Å². The minimum absolute atomic E-state index is 0.133. The van der Waals surface area contributed by atoms with Crippen molar-refractivity contribution in [2.24, 2.45) is 5.73 Å². The molecule has 0 radical (unpaired) electrons. The molecule has 4 nitrogen and oxygen atoms in total. The van der Waals surface area contributed by atoms with Crippen LogP contribution in [0.3, 0.4) is 0 Å². The standard InChI is InChI=1S/C14H24N4/c1-11-7-5-8-12(14(15)16)13(11)18(4)10-6-9-17(2)3/h5,7-8H,6,9-10H2,1-4H3,(H3,15,16). The normalized spacial score (nSPS) is 10.7. The maximum absolute atomic E-state index is 7.65. The van der Waals surface area contributed by atoms with Gasteiger partial charge in [-0.05, 0) is 45.6 Å². The zero-order chi connectivity index (χ0) is 13.7. The van der Waals surface area contributed by atoms with Gasteiger partial charge in [0.25, 0.3) is 0 Å². The third kappa shape index (κ3) is 3.74. The number of aryl methyl sites for hydroxylation is 1. The van der Waals surface area contributed by atoms with Gasteiger partial charge in [0, 0.05) is 19.2 Å². The van der Waals surface area contributed by atoms with Crippen LogP contribution >= 0.6 is 0 Å². The Morgan fingerprint density at radius 2 is 1.89 bits per heavy atom. The van der Waals surface area contributed by atoms with Crippen LogP contribution in [0.5, 0.6) is 0 Å². The largest absolute Gasteiger partial charge is 0.384 e. The Morgan fingerprint density at radius 3 is 2.44 bits per heavy atom. The molecule has 0 saturated heterocycles. The number of rotatable bonds is 6. The van der Waals surface area contributed by atoms with Gasteiger partial charge >= 0.3 is 0 Å². The second-order valence-corrected chi connectivity index (χ2v) is 4.96. The van der Waals surface area contributed by atoms with Crippen molar-refractivity contribution in [1.82, 2.24) is 4.90 Å². The highest BCUT2D eigenvalue weighted by Gasteiger charge is 2.12. The SMILES string of the molecule is Cc1cccc(C(=N)N)c1N(C)CCCN(C)C. The van der Waals surface area contributed by atoms with E-state index in [1.54, 1.807) is 0 Å². The number of nitrogens with zero attached hydrogens (tertiary/aromatic N) is 2. The molecule has 0 saturated carbocycles. The summed E-state index contributed by atoms with van der Waals surface area (Å²) < 4.78 is 0. The molecule has 3 N–H and O–H groups in total. The third-order valence-electron chi connectivity index (χ3n) is 3.01. The van der Waals surface area contributed by atoms with E-state index < -0.39 is 0 Å². The van der Waals surface area contributed by atoms with Crippen molar-refractivity contribution in [3.05, 3.63) is 29.3 Å². The predicted molar refractivity (Wildman–Crippen MR) is 78.6 cm³/mol. The molecule has 1 aromatic rings. The zero-order valence-electron chi connectivity index (χ0n) is 11.8. The Bertz CT molecular complexity index is 412. The predicted octanol–water partition coefficient (Wildman–Crippen LogP) is 1.67. The van der Waals surface area contributed by atoms with E-state index in [1.807, 2.05) is 12.1 Å². The summed E-state index contributed by atoms with van der Waals surface area (Å²) in [5.41, 5.74) is 8.70. The fourth-order valence-corrected chi connectivity index (χ4v) is 2.12. The van der Waals surface area contributed by atoms with E-state index in [-0.39, 0.29) is 5.84 Å². The maximum atomic E-state index is 7.65. The van der Waals surface area contributed by atoms with Gasteiger partial charge in [-0.2, -0.15) is 0 Å². The smallest absolute Gasteiger partial charge is 0.124 e. The van der Waals surface area contributed by atoms with Gasteiger partial charge in [0.1, 0.15) is 5.84 Å². The number of benzene rings is 1. The van der Waals surface area contributed by atoms with Crippen molar-refractivity contribution in [1.29, 1.82) is 5.41 Å². The average Bonchev–Trinajstić information content (AvgIpc) is 2.27. The van der Waals surface area contributed by atoms with Crippen molar-refractivity contribution in [3.63, 3.8) is 0 Å². The molecule has 0 amide bonds. The lowest BCUT2D eigenvalue weighted by Crippen LogP contribution is -2.26. The number of nitrogens with one attached hydrogen (secondary N) is 1. The van der Waals surface area contributed by atoms with Crippen LogP contribution in [0.1, 0.15) is 17.5 Å². The molecule has 0 aliphatic carbocycles. The number of nitrogen functional groups attached to an aromatic ring is 1. The lowest BCUT2D eigenvalue weighted by molar-refractivity contribution is 0.401.